The van der Waals surface area contributed by atoms with E-state index in [-0.39, 0.29) is 23.2 Å². The molecular weight excluding hydrogens is 336 g/mol. The van der Waals surface area contributed by atoms with Crippen molar-refractivity contribution in [1.29, 1.82) is 0 Å². The lowest BCUT2D eigenvalue weighted by Crippen LogP contribution is -2.51. The Hall–Kier alpha value is -1.53. The highest BCUT2D eigenvalue weighted by molar-refractivity contribution is 8.00. The van der Waals surface area contributed by atoms with Gasteiger partial charge in [0.2, 0.25) is 5.91 Å². The lowest BCUT2D eigenvalue weighted by atomic mass is 10.0. The molecule has 0 aromatic heterocycles. The van der Waals surface area contributed by atoms with Gasteiger partial charge in [0.05, 0.1) is 6.04 Å². The molecule has 140 valence electrons. The third-order valence-electron chi connectivity index (χ3n) is 3.53. The van der Waals surface area contributed by atoms with Crippen molar-refractivity contribution < 1.29 is 14.3 Å². The number of nitrogens with two attached hydrogens (primary N) is 1. The zero-order valence-electron chi connectivity index (χ0n) is 15.7. The minimum absolute atomic E-state index is 0.00346. The maximum Gasteiger partial charge on any atom is 0.329 e. The molecule has 0 saturated heterocycles. The summed E-state index contributed by atoms with van der Waals surface area (Å²) in [7, 11) is 0. The number of carbonyl (C=O) groups excluding carboxylic acids is 2. The first-order valence-electron chi connectivity index (χ1n) is 8.50. The van der Waals surface area contributed by atoms with Gasteiger partial charge < -0.3 is 15.8 Å². The summed E-state index contributed by atoms with van der Waals surface area (Å²) in [5.74, 6) is -0.333. The fourth-order valence-corrected chi connectivity index (χ4v) is 2.79. The van der Waals surface area contributed by atoms with E-state index in [0.717, 1.165) is 5.56 Å². The van der Waals surface area contributed by atoms with Crippen molar-refractivity contribution in [2.45, 2.75) is 58.1 Å². The maximum absolute atomic E-state index is 12.5. The highest BCUT2D eigenvalue weighted by Crippen LogP contribution is 2.24. The fourth-order valence-electron chi connectivity index (χ4n) is 1.90. The molecule has 25 heavy (non-hydrogen) atoms. The smallest absolute Gasteiger partial charge is 0.329 e. The van der Waals surface area contributed by atoms with E-state index in [9.17, 15) is 9.59 Å². The summed E-state index contributed by atoms with van der Waals surface area (Å²) in [6.45, 7) is 10.1. The highest BCUT2D eigenvalue weighted by Gasteiger charge is 2.28. The summed E-state index contributed by atoms with van der Waals surface area (Å²) in [5, 5.41) is 2.75. The molecular formula is C19H30N2O3S. The molecule has 1 rings (SSSR count). The van der Waals surface area contributed by atoms with E-state index in [2.05, 4.69) is 26.1 Å². The number of rotatable bonds is 8. The number of thioether (sulfide) groups is 1. The van der Waals surface area contributed by atoms with Gasteiger partial charge in [0.25, 0.3) is 0 Å². The molecule has 6 heteroatoms. The molecule has 3 N–H and O–H groups in total. The maximum atomic E-state index is 12.5. The predicted molar refractivity (Wildman–Crippen MR) is 103 cm³/mol. The molecule has 1 aromatic rings. The Morgan fingerprint density at radius 1 is 1.20 bits per heavy atom. The predicted octanol–water partition coefficient (Wildman–Crippen LogP) is 2.73. The Labute approximate surface area is 155 Å². The molecule has 0 unspecified atom stereocenters. The summed E-state index contributed by atoms with van der Waals surface area (Å²) >= 11 is 1.60. The second-order valence-electron chi connectivity index (χ2n) is 7.35. The van der Waals surface area contributed by atoms with Crippen molar-refractivity contribution in [1.82, 2.24) is 5.32 Å². The number of esters is 1. The van der Waals surface area contributed by atoms with Gasteiger partial charge in [-0.2, -0.15) is 11.8 Å². The van der Waals surface area contributed by atoms with Gasteiger partial charge in [0.15, 0.2) is 0 Å². The van der Waals surface area contributed by atoms with Gasteiger partial charge in [0.1, 0.15) is 12.6 Å². The van der Waals surface area contributed by atoms with E-state index in [0.29, 0.717) is 5.75 Å². The Balaban J connectivity index is 2.71. The van der Waals surface area contributed by atoms with Gasteiger partial charge in [-0.05, 0) is 11.5 Å². The highest BCUT2D eigenvalue weighted by atomic mass is 32.2. The molecule has 0 aliphatic carbocycles. The van der Waals surface area contributed by atoms with E-state index in [1.54, 1.807) is 11.8 Å². The van der Waals surface area contributed by atoms with Gasteiger partial charge in [-0.25, -0.2) is 4.79 Å². The topological polar surface area (TPSA) is 81.4 Å². The van der Waals surface area contributed by atoms with Gasteiger partial charge in [0, 0.05) is 10.5 Å². The monoisotopic (exact) mass is 366 g/mol. The molecule has 5 nitrogen and oxygen atoms in total. The first kappa shape index (κ1) is 21.5. The summed E-state index contributed by atoms with van der Waals surface area (Å²) in [6, 6.07) is 8.09. The number of nitrogens with one attached hydrogen (secondary N) is 1. The summed E-state index contributed by atoms with van der Waals surface area (Å²) < 4.78 is 5.36. The number of amides is 1. The Kier molecular flexibility index (Phi) is 8.45. The largest absolute Gasteiger partial charge is 0.459 e. The molecule has 0 bridgehead atoms. The van der Waals surface area contributed by atoms with E-state index in [4.69, 9.17) is 10.5 Å². The molecule has 0 radical (unpaired) electrons. The summed E-state index contributed by atoms with van der Waals surface area (Å²) in [5.41, 5.74) is 6.79. The average molecular weight is 367 g/mol. The normalized spacial score (nSPS) is 14.0. The first-order chi connectivity index (χ1) is 11.6. The van der Waals surface area contributed by atoms with E-state index >= 15 is 0 Å². The van der Waals surface area contributed by atoms with Crippen LogP contribution >= 0.6 is 11.8 Å². The third-order valence-corrected chi connectivity index (χ3v) is 4.89. The van der Waals surface area contributed by atoms with E-state index in [1.807, 2.05) is 44.2 Å². The van der Waals surface area contributed by atoms with Crippen LogP contribution in [0.25, 0.3) is 0 Å². The number of hydrogen-bond acceptors (Lipinski definition) is 5. The van der Waals surface area contributed by atoms with Crippen molar-refractivity contribution in [3.63, 3.8) is 0 Å². The van der Waals surface area contributed by atoms with Crippen LogP contribution in [0.1, 0.15) is 40.2 Å². The standard InChI is InChI=1S/C19H30N2O3S/c1-13(2)16(20)17(22)21-15(12-25-19(3,4)5)18(23)24-11-14-9-7-6-8-10-14/h6-10,13,15-16H,11-12,20H2,1-5H3,(H,21,22)/t15-,16-/m0/s1. The molecule has 0 aliphatic rings. The zero-order valence-corrected chi connectivity index (χ0v) is 16.6. The molecule has 0 heterocycles. The SMILES string of the molecule is CC(C)[C@H](N)C(=O)N[C@@H](CSC(C)(C)C)C(=O)OCc1ccccc1. The van der Waals surface area contributed by atoms with Crippen LogP contribution in [0.4, 0.5) is 0 Å². The van der Waals surface area contributed by atoms with Crippen LogP contribution in [0, 0.1) is 5.92 Å². The van der Waals surface area contributed by atoms with Gasteiger partial charge >= 0.3 is 5.97 Å². The molecule has 1 aromatic carbocycles. The van der Waals surface area contributed by atoms with Crippen LogP contribution in [0.5, 0.6) is 0 Å². The minimum Gasteiger partial charge on any atom is -0.459 e. The lowest BCUT2D eigenvalue weighted by molar-refractivity contribution is -0.148. The van der Waals surface area contributed by atoms with Crippen molar-refractivity contribution in [3.05, 3.63) is 35.9 Å². The third kappa shape index (κ3) is 8.40. The second kappa shape index (κ2) is 9.82. The molecule has 2 atom stereocenters. The van der Waals surface area contributed by atoms with Crippen molar-refractivity contribution in [3.8, 4) is 0 Å². The fraction of sp³-hybridized carbons (Fsp3) is 0.579. The molecule has 0 spiro atoms. The average Bonchev–Trinajstić information content (AvgIpc) is 2.55. The van der Waals surface area contributed by atoms with Crippen LogP contribution in [0.15, 0.2) is 30.3 Å². The Morgan fingerprint density at radius 2 is 1.80 bits per heavy atom. The van der Waals surface area contributed by atoms with Crippen molar-refractivity contribution >= 4 is 23.6 Å². The van der Waals surface area contributed by atoms with Crippen LogP contribution in [-0.4, -0.2) is 34.5 Å². The summed E-state index contributed by atoms with van der Waals surface area (Å²) in [6.07, 6.45) is 0. The lowest BCUT2D eigenvalue weighted by Gasteiger charge is -2.24. The van der Waals surface area contributed by atoms with Crippen LogP contribution in [0.3, 0.4) is 0 Å². The molecule has 1 amide bonds. The summed E-state index contributed by atoms with van der Waals surface area (Å²) in [4.78, 5) is 24.7. The molecule has 0 saturated carbocycles. The van der Waals surface area contributed by atoms with Crippen molar-refractivity contribution in [2.75, 3.05) is 5.75 Å². The van der Waals surface area contributed by atoms with Gasteiger partial charge in [-0.15, -0.1) is 0 Å². The quantitative estimate of drug-likeness (QED) is 0.692. The van der Waals surface area contributed by atoms with E-state index in [1.165, 1.54) is 0 Å². The van der Waals surface area contributed by atoms with Crippen LogP contribution < -0.4 is 11.1 Å². The number of ether oxygens (including phenoxy) is 1. The number of hydrogen-bond donors (Lipinski definition) is 2. The van der Waals surface area contributed by atoms with Crippen LogP contribution in [-0.2, 0) is 20.9 Å². The zero-order chi connectivity index (χ0) is 19.0. The molecule has 0 aliphatic heterocycles. The van der Waals surface area contributed by atoms with E-state index < -0.39 is 18.1 Å². The van der Waals surface area contributed by atoms with Crippen LogP contribution in [0.2, 0.25) is 0 Å². The number of carbonyl (C=O) groups is 2. The number of benzene rings is 1. The minimum atomic E-state index is -0.717. The first-order valence-corrected chi connectivity index (χ1v) is 9.49. The Morgan fingerprint density at radius 3 is 2.32 bits per heavy atom. The molecule has 0 fully saturated rings. The second-order valence-corrected chi connectivity index (χ2v) is 9.19. The van der Waals surface area contributed by atoms with Gasteiger partial charge in [-0.3, -0.25) is 4.79 Å². The van der Waals surface area contributed by atoms with Crippen molar-refractivity contribution in [2.24, 2.45) is 11.7 Å². The van der Waals surface area contributed by atoms with Gasteiger partial charge in [-0.1, -0.05) is 65.0 Å². The Bertz CT molecular complexity index is 556.